The highest BCUT2D eigenvalue weighted by atomic mass is 16.4. The fraction of sp³-hybridized carbons (Fsp3) is 0.125. The van der Waals surface area contributed by atoms with E-state index in [-0.39, 0.29) is 12.3 Å². The van der Waals surface area contributed by atoms with Crippen molar-refractivity contribution < 1.29 is 9.90 Å². The van der Waals surface area contributed by atoms with E-state index in [0.717, 1.165) is 5.56 Å². The molecule has 9 heteroatoms. The molecule has 0 saturated carbocycles. The molecule has 2 aromatic heterocycles. The van der Waals surface area contributed by atoms with E-state index >= 15 is 0 Å². The predicted molar refractivity (Wildman–Crippen MR) is 89.4 cm³/mol. The summed E-state index contributed by atoms with van der Waals surface area (Å²) in [5, 5.41) is 32.6. The molecule has 0 aliphatic heterocycles. The third-order valence-electron chi connectivity index (χ3n) is 3.48. The third kappa shape index (κ3) is 3.83. The SMILES string of the molecule is N=C(N)c1ccc(-c2ccc(-n3ncc(CCC(=O)O)n3)nn2)cc1. The van der Waals surface area contributed by atoms with E-state index in [9.17, 15) is 4.79 Å². The first-order valence-electron chi connectivity index (χ1n) is 7.45. The van der Waals surface area contributed by atoms with Crippen molar-refractivity contribution >= 4 is 11.8 Å². The molecule has 1 aromatic carbocycles. The zero-order valence-electron chi connectivity index (χ0n) is 13.1. The molecule has 0 aliphatic rings. The average Bonchev–Trinajstić information content (AvgIpc) is 3.09. The van der Waals surface area contributed by atoms with Crippen LogP contribution in [0.1, 0.15) is 17.7 Å². The van der Waals surface area contributed by atoms with E-state index < -0.39 is 5.97 Å². The topological polar surface area (TPSA) is 144 Å². The number of amidine groups is 1. The summed E-state index contributed by atoms with van der Waals surface area (Å²) in [6, 6.07) is 10.6. The fourth-order valence-corrected chi connectivity index (χ4v) is 2.16. The number of carboxylic acids is 1. The number of carbonyl (C=O) groups is 1. The number of nitrogens with two attached hydrogens (primary N) is 1. The summed E-state index contributed by atoms with van der Waals surface area (Å²) >= 11 is 0. The van der Waals surface area contributed by atoms with Gasteiger partial charge in [-0.2, -0.15) is 10.2 Å². The number of nitrogens with one attached hydrogen (secondary N) is 1. The van der Waals surface area contributed by atoms with Gasteiger partial charge in [0.1, 0.15) is 5.84 Å². The van der Waals surface area contributed by atoms with Crippen molar-refractivity contribution in [3.8, 4) is 17.1 Å². The number of benzene rings is 1. The molecule has 0 atom stereocenters. The lowest BCUT2D eigenvalue weighted by Gasteiger charge is -2.03. The van der Waals surface area contributed by atoms with Gasteiger partial charge in [-0.1, -0.05) is 24.3 Å². The zero-order valence-corrected chi connectivity index (χ0v) is 13.1. The molecule has 0 radical (unpaired) electrons. The largest absolute Gasteiger partial charge is 0.481 e. The van der Waals surface area contributed by atoms with E-state index in [0.29, 0.717) is 29.2 Å². The molecule has 9 nitrogen and oxygen atoms in total. The monoisotopic (exact) mass is 337 g/mol. The summed E-state index contributed by atoms with van der Waals surface area (Å²) in [5.41, 5.74) is 8.16. The first-order valence-corrected chi connectivity index (χ1v) is 7.45. The summed E-state index contributed by atoms with van der Waals surface area (Å²) in [7, 11) is 0. The van der Waals surface area contributed by atoms with Gasteiger partial charge >= 0.3 is 5.97 Å². The van der Waals surface area contributed by atoms with Gasteiger partial charge in [-0.15, -0.1) is 15.0 Å². The molecule has 0 saturated heterocycles. The summed E-state index contributed by atoms with van der Waals surface area (Å²) in [5.74, 6) is -0.434. The van der Waals surface area contributed by atoms with Crippen molar-refractivity contribution in [1.82, 2.24) is 25.2 Å². The smallest absolute Gasteiger partial charge is 0.303 e. The number of carboxylic acid groups (broad SMARTS) is 1. The lowest BCUT2D eigenvalue weighted by atomic mass is 10.1. The Morgan fingerprint density at radius 3 is 2.52 bits per heavy atom. The Labute approximate surface area is 142 Å². The van der Waals surface area contributed by atoms with E-state index in [2.05, 4.69) is 20.4 Å². The van der Waals surface area contributed by atoms with Crippen molar-refractivity contribution in [1.29, 1.82) is 5.41 Å². The van der Waals surface area contributed by atoms with Crippen LogP contribution in [0.25, 0.3) is 17.1 Å². The Hall–Kier alpha value is -3.62. The molecule has 2 heterocycles. The van der Waals surface area contributed by atoms with Crippen LogP contribution in [0.2, 0.25) is 0 Å². The molecule has 25 heavy (non-hydrogen) atoms. The van der Waals surface area contributed by atoms with E-state index in [1.165, 1.54) is 11.0 Å². The highest BCUT2D eigenvalue weighted by Crippen LogP contribution is 2.17. The molecule has 0 amide bonds. The lowest BCUT2D eigenvalue weighted by molar-refractivity contribution is -0.136. The Balaban J connectivity index is 1.76. The van der Waals surface area contributed by atoms with Gasteiger partial charge in [0.15, 0.2) is 5.82 Å². The number of hydrogen-bond acceptors (Lipinski definition) is 6. The van der Waals surface area contributed by atoms with E-state index in [1.807, 2.05) is 12.1 Å². The second-order valence-corrected chi connectivity index (χ2v) is 5.29. The first kappa shape index (κ1) is 16.2. The molecular weight excluding hydrogens is 322 g/mol. The highest BCUT2D eigenvalue weighted by Gasteiger charge is 2.08. The standard InChI is InChI=1S/C16H15N7O2/c17-16(18)11-3-1-10(2-4-11)13-6-7-14(21-20-13)23-19-9-12(22-23)5-8-15(24)25/h1-4,6-7,9H,5,8H2,(H3,17,18)(H,24,25). The van der Waals surface area contributed by atoms with Crippen LogP contribution in [0, 0.1) is 5.41 Å². The molecule has 0 unspecified atom stereocenters. The second kappa shape index (κ2) is 6.87. The maximum atomic E-state index is 10.6. The predicted octanol–water partition coefficient (Wildman–Crippen LogP) is 1.03. The van der Waals surface area contributed by atoms with E-state index in [1.54, 1.807) is 24.3 Å². The molecule has 0 aliphatic carbocycles. The molecule has 0 bridgehead atoms. The Morgan fingerprint density at radius 1 is 1.16 bits per heavy atom. The van der Waals surface area contributed by atoms with Crippen LogP contribution >= 0.6 is 0 Å². The highest BCUT2D eigenvalue weighted by molar-refractivity contribution is 5.95. The quantitative estimate of drug-likeness (QED) is 0.450. The van der Waals surface area contributed by atoms with Gasteiger partial charge in [-0.05, 0) is 12.1 Å². The van der Waals surface area contributed by atoms with Gasteiger partial charge in [0.05, 0.1) is 24.0 Å². The maximum absolute atomic E-state index is 10.6. The zero-order chi connectivity index (χ0) is 17.8. The van der Waals surface area contributed by atoms with Crippen molar-refractivity contribution in [3.05, 3.63) is 53.9 Å². The van der Waals surface area contributed by atoms with Gasteiger partial charge in [-0.3, -0.25) is 10.2 Å². The molecule has 3 rings (SSSR count). The van der Waals surface area contributed by atoms with Gasteiger partial charge in [0.2, 0.25) is 0 Å². The van der Waals surface area contributed by atoms with E-state index in [4.69, 9.17) is 16.2 Å². The third-order valence-corrected chi connectivity index (χ3v) is 3.48. The van der Waals surface area contributed by atoms with Crippen LogP contribution in [0.5, 0.6) is 0 Å². The molecule has 4 N–H and O–H groups in total. The minimum atomic E-state index is -0.880. The minimum absolute atomic E-state index is 0.000429. The Morgan fingerprint density at radius 2 is 1.92 bits per heavy atom. The van der Waals surface area contributed by atoms with Crippen LogP contribution in [-0.4, -0.2) is 42.1 Å². The average molecular weight is 337 g/mol. The number of aromatic nitrogens is 5. The van der Waals surface area contributed by atoms with Gasteiger partial charge in [0.25, 0.3) is 0 Å². The van der Waals surface area contributed by atoms with Crippen LogP contribution in [-0.2, 0) is 11.2 Å². The van der Waals surface area contributed by atoms with Crippen molar-refractivity contribution in [2.24, 2.45) is 5.73 Å². The number of aryl methyl sites for hydroxylation is 1. The van der Waals surface area contributed by atoms with Crippen LogP contribution in [0.15, 0.2) is 42.6 Å². The minimum Gasteiger partial charge on any atom is -0.481 e. The van der Waals surface area contributed by atoms with Crippen molar-refractivity contribution in [2.75, 3.05) is 0 Å². The molecule has 0 spiro atoms. The number of aliphatic carboxylic acids is 1. The Bertz CT molecular complexity index is 901. The van der Waals surface area contributed by atoms with Gasteiger partial charge in [0, 0.05) is 17.5 Å². The normalized spacial score (nSPS) is 10.6. The Kier molecular flexibility index (Phi) is 4.46. The number of nitrogens with zero attached hydrogens (tertiary/aromatic N) is 5. The number of rotatable bonds is 6. The first-order chi connectivity index (χ1) is 12.0. The summed E-state index contributed by atoms with van der Waals surface area (Å²) < 4.78 is 0. The van der Waals surface area contributed by atoms with Crippen LogP contribution < -0.4 is 5.73 Å². The lowest BCUT2D eigenvalue weighted by Crippen LogP contribution is -2.10. The molecule has 0 fully saturated rings. The molecular formula is C16H15N7O2. The van der Waals surface area contributed by atoms with Crippen molar-refractivity contribution in [2.45, 2.75) is 12.8 Å². The maximum Gasteiger partial charge on any atom is 0.303 e. The number of nitrogen functional groups attached to an aromatic ring is 1. The summed E-state index contributed by atoms with van der Waals surface area (Å²) in [4.78, 5) is 11.9. The van der Waals surface area contributed by atoms with Crippen molar-refractivity contribution in [3.63, 3.8) is 0 Å². The molecule has 126 valence electrons. The molecule has 3 aromatic rings. The van der Waals surface area contributed by atoms with Crippen LogP contribution in [0.4, 0.5) is 0 Å². The summed E-state index contributed by atoms with van der Waals surface area (Å²) in [6.45, 7) is 0. The second-order valence-electron chi connectivity index (χ2n) is 5.29. The summed E-state index contributed by atoms with van der Waals surface area (Å²) in [6.07, 6.45) is 1.82. The number of hydrogen-bond donors (Lipinski definition) is 3. The van der Waals surface area contributed by atoms with Gasteiger partial charge < -0.3 is 10.8 Å². The van der Waals surface area contributed by atoms with Crippen LogP contribution in [0.3, 0.4) is 0 Å². The fourth-order valence-electron chi connectivity index (χ4n) is 2.16. The van der Waals surface area contributed by atoms with Gasteiger partial charge in [-0.25, -0.2) is 0 Å².